The van der Waals surface area contributed by atoms with Crippen molar-refractivity contribution >= 4 is 20.2 Å². The zero-order chi connectivity index (χ0) is 16.9. The van der Waals surface area contributed by atoms with Crippen LogP contribution in [0.15, 0.2) is 42.5 Å². The van der Waals surface area contributed by atoms with Crippen LogP contribution in [0.25, 0.3) is 0 Å². The minimum absolute atomic E-state index is 0.145. The second kappa shape index (κ2) is 7.72. The van der Waals surface area contributed by atoms with E-state index in [4.69, 9.17) is 9.47 Å². The Morgan fingerprint density at radius 2 is 1.91 bits per heavy atom. The van der Waals surface area contributed by atoms with Crippen LogP contribution in [0, 0.1) is 6.92 Å². The number of aryl methyl sites for hydroxylation is 1. The van der Waals surface area contributed by atoms with Gasteiger partial charge in [0, 0.05) is 23.4 Å². The van der Waals surface area contributed by atoms with Gasteiger partial charge in [0.1, 0.15) is 5.75 Å². The Kier molecular flexibility index (Phi) is 5.92. The van der Waals surface area contributed by atoms with Crippen LogP contribution in [-0.4, -0.2) is 20.2 Å². The molecule has 2 aromatic rings. The monoisotopic (exact) mass is 330 g/mol. The number of benzene rings is 2. The van der Waals surface area contributed by atoms with Crippen molar-refractivity contribution in [1.82, 2.24) is 0 Å². The van der Waals surface area contributed by atoms with E-state index < -0.39 is 0 Å². The number of aldehydes is 1. The molecule has 0 fully saturated rings. The van der Waals surface area contributed by atoms with Gasteiger partial charge in [0.15, 0.2) is 13.1 Å². The molecule has 3 nitrogen and oxygen atoms in total. The smallest absolute Gasteiger partial charge is 0.188 e. The minimum atomic E-state index is -0.145. The molecule has 0 aliphatic rings. The number of carbonyl (C=O) groups excluding carboxylic acids is 1. The van der Waals surface area contributed by atoms with Crippen LogP contribution >= 0.6 is 8.58 Å². The third-order valence-electron chi connectivity index (χ3n) is 3.68. The molecule has 0 bridgehead atoms. The van der Waals surface area contributed by atoms with Crippen molar-refractivity contribution in [3.8, 4) is 5.75 Å². The summed E-state index contributed by atoms with van der Waals surface area (Å²) in [5, 5.41) is 0.931. The zero-order valence-electron chi connectivity index (χ0n) is 14.1. The molecule has 0 saturated carbocycles. The van der Waals surface area contributed by atoms with E-state index in [0.717, 1.165) is 28.5 Å². The molecule has 4 heteroatoms. The van der Waals surface area contributed by atoms with Crippen molar-refractivity contribution in [3.05, 3.63) is 59.2 Å². The SMILES string of the molecule is COCOc1ccc(C)cc1C(C)(C)Pc1ccccc1C=O. The average molecular weight is 330 g/mol. The van der Waals surface area contributed by atoms with E-state index in [9.17, 15) is 4.79 Å². The number of carbonyl (C=O) groups is 1. The maximum atomic E-state index is 11.3. The standard InChI is InChI=1S/C19H23O3P/c1-14-9-10-17(22-13-21-4)16(11-14)19(2,3)23-18-8-6-5-7-15(18)12-20/h5-12,23H,13H2,1-4H3. The fraction of sp³-hybridized carbons (Fsp3) is 0.316. The van der Waals surface area contributed by atoms with Gasteiger partial charge < -0.3 is 9.47 Å². The van der Waals surface area contributed by atoms with Crippen LogP contribution in [0.5, 0.6) is 5.75 Å². The van der Waals surface area contributed by atoms with Crippen LogP contribution < -0.4 is 10.0 Å². The highest BCUT2D eigenvalue weighted by molar-refractivity contribution is 7.48. The Morgan fingerprint density at radius 1 is 1.17 bits per heavy atom. The summed E-state index contributed by atoms with van der Waals surface area (Å²) in [6.07, 6.45) is 0.928. The molecular formula is C19H23O3P. The molecule has 122 valence electrons. The number of hydrogen-bond acceptors (Lipinski definition) is 3. The van der Waals surface area contributed by atoms with E-state index in [1.54, 1.807) is 7.11 Å². The summed E-state index contributed by atoms with van der Waals surface area (Å²) >= 11 is 0. The van der Waals surface area contributed by atoms with Gasteiger partial charge in [-0.05, 0) is 18.3 Å². The van der Waals surface area contributed by atoms with E-state index >= 15 is 0 Å². The lowest BCUT2D eigenvalue weighted by Gasteiger charge is -2.28. The van der Waals surface area contributed by atoms with Gasteiger partial charge in [-0.15, -0.1) is 0 Å². The van der Waals surface area contributed by atoms with Crippen LogP contribution in [0.2, 0.25) is 0 Å². The molecule has 23 heavy (non-hydrogen) atoms. The van der Waals surface area contributed by atoms with E-state index in [0.29, 0.717) is 8.58 Å². The molecule has 0 aliphatic carbocycles. The summed E-state index contributed by atoms with van der Waals surface area (Å²) in [4.78, 5) is 11.3. The molecule has 2 aromatic carbocycles. The highest BCUT2D eigenvalue weighted by Crippen LogP contribution is 2.45. The highest BCUT2D eigenvalue weighted by atomic mass is 31.1. The van der Waals surface area contributed by atoms with Crippen LogP contribution in [0.4, 0.5) is 0 Å². The summed E-state index contributed by atoms with van der Waals surface area (Å²) < 4.78 is 10.8. The molecule has 0 saturated heterocycles. The fourth-order valence-corrected chi connectivity index (χ4v) is 3.97. The highest BCUT2D eigenvalue weighted by Gasteiger charge is 2.26. The van der Waals surface area contributed by atoms with Gasteiger partial charge in [-0.25, -0.2) is 0 Å². The van der Waals surface area contributed by atoms with Crippen LogP contribution in [0.3, 0.4) is 0 Å². The molecule has 0 spiro atoms. The van der Waals surface area contributed by atoms with E-state index in [1.807, 2.05) is 36.4 Å². The predicted octanol–water partition coefficient (Wildman–Crippen LogP) is 4.03. The van der Waals surface area contributed by atoms with Gasteiger partial charge in [0.05, 0.1) is 0 Å². The first-order valence-corrected chi connectivity index (χ1v) is 8.53. The Hall–Kier alpha value is -1.70. The molecular weight excluding hydrogens is 307 g/mol. The summed E-state index contributed by atoms with van der Waals surface area (Å²) in [5.74, 6) is 0.832. The molecule has 1 atom stereocenters. The summed E-state index contributed by atoms with van der Waals surface area (Å²) in [5.41, 5.74) is 3.07. The van der Waals surface area contributed by atoms with E-state index in [2.05, 4.69) is 26.8 Å². The Bertz CT molecular complexity index is 680. The predicted molar refractivity (Wildman–Crippen MR) is 96.5 cm³/mol. The number of methoxy groups -OCH3 is 1. The molecule has 0 aromatic heterocycles. The molecule has 0 N–H and O–H groups in total. The lowest BCUT2D eigenvalue weighted by molar-refractivity contribution is 0.0501. The topological polar surface area (TPSA) is 35.5 Å². The lowest BCUT2D eigenvalue weighted by Crippen LogP contribution is -2.18. The minimum Gasteiger partial charge on any atom is -0.467 e. The molecule has 2 rings (SSSR count). The lowest BCUT2D eigenvalue weighted by atomic mass is 9.99. The first-order chi connectivity index (χ1) is 11.0. The second-order valence-electron chi connectivity index (χ2n) is 6.01. The number of hydrogen-bond donors (Lipinski definition) is 0. The molecule has 0 aliphatic heterocycles. The van der Waals surface area contributed by atoms with Crippen LogP contribution in [-0.2, 0) is 9.89 Å². The quantitative estimate of drug-likeness (QED) is 0.437. The zero-order valence-corrected chi connectivity index (χ0v) is 15.1. The van der Waals surface area contributed by atoms with Crippen molar-refractivity contribution in [2.45, 2.75) is 25.9 Å². The molecule has 1 unspecified atom stereocenters. The van der Waals surface area contributed by atoms with Gasteiger partial charge in [-0.2, -0.15) is 0 Å². The number of ether oxygens (including phenoxy) is 2. The fourth-order valence-electron chi connectivity index (χ4n) is 2.50. The summed E-state index contributed by atoms with van der Waals surface area (Å²) in [7, 11) is 2.07. The summed E-state index contributed by atoms with van der Waals surface area (Å²) in [6.45, 7) is 6.66. The third-order valence-corrected chi connectivity index (χ3v) is 5.29. The maximum Gasteiger partial charge on any atom is 0.188 e. The summed E-state index contributed by atoms with van der Waals surface area (Å²) in [6, 6.07) is 13.9. The average Bonchev–Trinajstić information content (AvgIpc) is 2.54. The van der Waals surface area contributed by atoms with Crippen LogP contribution in [0.1, 0.15) is 35.3 Å². The van der Waals surface area contributed by atoms with Gasteiger partial charge in [0.2, 0.25) is 0 Å². The van der Waals surface area contributed by atoms with E-state index in [1.165, 1.54) is 5.56 Å². The van der Waals surface area contributed by atoms with Gasteiger partial charge in [-0.3, -0.25) is 4.79 Å². The van der Waals surface area contributed by atoms with Gasteiger partial charge >= 0.3 is 0 Å². The number of rotatable bonds is 7. The van der Waals surface area contributed by atoms with E-state index in [-0.39, 0.29) is 11.9 Å². The normalized spacial score (nSPS) is 11.8. The Labute approximate surface area is 139 Å². The maximum absolute atomic E-state index is 11.3. The van der Waals surface area contributed by atoms with Crippen molar-refractivity contribution in [1.29, 1.82) is 0 Å². The molecule has 0 heterocycles. The molecule has 0 radical (unpaired) electrons. The second-order valence-corrected chi connectivity index (χ2v) is 8.04. The Morgan fingerprint density at radius 3 is 2.61 bits per heavy atom. The molecule has 0 amide bonds. The Balaban J connectivity index is 2.38. The van der Waals surface area contributed by atoms with Gasteiger partial charge in [-0.1, -0.05) is 64.4 Å². The first kappa shape index (κ1) is 17.7. The third kappa shape index (κ3) is 4.40. The van der Waals surface area contributed by atoms with Crippen molar-refractivity contribution < 1.29 is 14.3 Å². The van der Waals surface area contributed by atoms with Crippen molar-refractivity contribution in [2.75, 3.05) is 13.9 Å². The largest absolute Gasteiger partial charge is 0.467 e. The van der Waals surface area contributed by atoms with Crippen molar-refractivity contribution in [3.63, 3.8) is 0 Å². The first-order valence-electron chi connectivity index (χ1n) is 7.53. The van der Waals surface area contributed by atoms with Crippen molar-refractivity contribution in [2.24, 2.45) is 0 Å². The van der Waals surface area contributed by atoms with Gasteiger partial charge in [0.25, 0.3) is 0 Å².